The van der Waals surface area contributed by atoms with E-state index < -0.39 is 0 Å². The standard InChI is InChI=1S/C15H20N2OS/c1-4-11(2)18-14-7-5-6-13(8-14)16-9-15-12(3)17-10-19-15/h5-8,10-11,16H,4,9H2,1-3H3. The summed E-state index contributed by atoms with van der Waals surface area (Å²) >= 11 is 1.68. The van der Waals surface area contributed by atoms with Crippen LogP contribution in [-0.4, -0.2) is 11.1 Å². The molecule has 0 bridgehead atoms. The van der Waals surface area contributed by atoms with Crippen molar-refractivity contribution in [1.29, 1.82) is 0 Å². The summed E-state index contributed by atoms with van der Waals surface area (Å²) in [7, 11) is 0. The molecule has 0 saturated heterocycles. The van der Waals surface area contributed by atoms with Gasteiger partial charge < -0.3 is 10.1 Å². The molecule has 102 valence electrons. The topological polar surface area (TPSA) is 34.1 Å². The molecule has 0 aliphatic rings. The lowest BCUT2D eigenvalue weighted by molar-refractivity contribution is 0.217. The zero-order valence-corrected chi connectivity index (χ0v) is 12.5. The van der Waals surface area contributed by atoms with Crippen LogP contribution < -0.4 is 10.1 Å². The molecule has 1 heterocycles. The number of hydrogen-bond donors (Lipinski definition) is 1. The first-order chi connectivity index (χ1) is 9.19. The fourth-order valence-electron chi connectivity index (χ4n) is 1.67. The number of aryl methyl sites for hydroxylation is 1. The molecule has 0 spiro atoms. The second-order valence-electron chi connectivity index (χ2n) is 4.58. The van der Waals surface area contributed by atoms with E-state index in [1.54, 1.807) is 11.3 Å². The number of rotatable bonds is 6. The molecule has 2 aromatic rings. The number of ether oxygens (including phenoxy) is 1. The molecule has 1 aromatic carbocycles. The van der Waals surface area contributed by atoms with Gasteiger partial charge in [0.2, 0.25) is 0 Å². The maximum absolute atomic E-state index is 5.82. The molecule has 0 aliphatic carbocycles. The molecular weight excluding hydrogens is 256 g/mol. The number of thiazole rings is 1. The van der Waals surface area contributed by atoms with E-state index in [1.165, 1.54) is 4.88 Å². The lowest BCUT2D eigenvalue weighted by atomic mass is 10.2. The lowest BCUT2D eigenvalue weighted by Gasteiger charge is -2.14. The highest BCUT2D eigenvalue weighted by Crippen LogP contribution is 2.21. The van der Waals surface area contributed by atoms with Crippen LogP contribution in [0.3, 0.4) is 0 Å². The average Bonchev–Trinajstić information content (AvgIpc) is 2.82. The SMILES string of the molecule is CCC(C)Oc1cccc(NCc2scnc2C)c1. The van der Waals surface area contributed by atoms with E-state index in [-0.39, 0.29) is 6.10 Å². The van der Waals surface area contributed by atoms with Gasteiger partial charge in [0.1, 0.15) is 5.75 Å². The van der Waals surface area contributed by atoms with Gasteiger partial charge in [0, 0.05) is 16.6 Å². The molecular formula is C15H20N2OS. The summed E-state index contributed by atoms with van der Waals surface area (Å²) in [6.45, 7) is 7.05. The molecule has 0 saturated carbocycles. The molecule has 2 rings (SSSR count). The molecule has 4 heteroatoms. The van der Waals surface area contributed by atoms with E-state index in [4.69, 9.17) is 4.74 Å². The zero-order chi connectivity index (χ0) is 13.7. The zero-order valence-electron chi connectivity index (χ0n) is 11.6. The first-order valence-electron chi connectivity index (χ1n) is 6.58. The van der Waals surface area contributed by atoms with E-state index in [1.807, 2.05) is 30.6 Å². The molecule has 19 heavy (non-hydrogen) atoms. The van der Waals surface area contributed by atoms with Crippen molar-refractivity contribution in [2.24, 2.45) is 0 Å². The Hall–Kier alpha value is -1.55. The van der Waals surface area contributed by atoms with E-state index in [2.05, 4.69) is 30.2 Å². The van der Waals surface area contributed by atoms with Gasteiger partial charge in [-0.05, 0) is 32.4 Å². The quantitative estimate of drug-likeness (QED) is 0.857. The molecule has 0 radical (unpaired) electrons. The van der Waals surface area contributed by atoms with Crippen molar-refractivity contribution in [1.82, 2.24) is 4.98 Å². The van der Waals surface area contributed by atoms with Crippen LogP contribution in [0.4, 0.5) is 5.69 Å². The number of anilines is 1. The number of aromatic nitrogens is 1. The van der Waals surface area contributed by atoms with E-state index in [9.17, 15) is 0 Å². The van der Waals surface area contributed by atoms with Crippen molar-refractivity contribution in [2.45, 2.75) is 39.8 Å². The molecule has 3 nitrogen and oxygen atoms in total. The smallest absolute Gasteiger partial charge is 0.121 e. The van der Waals surface area contributed by atoms with Crippen molar-refractivity contribution in [2.75, 3.05) is 5.32 Å². The fourth-order valence-corrected chi connectivity index (χ4v) is 2.39. The minimum Gasteiger partial charge on any atom is -0.491 e. The molecule has 1 unspecified atom stereocenters. The summed E-state index contributed by atoms with van der Waals surface area (Å²) in [6.07, 6.45) is 1.26. The summed E-state index contributed by atoms with van der Waals surface area (Å²) in [4.78, 5) is 5.52. The van der Waals surface area contributed by atoms with Gasteiger partial charge in [0.25, 0.3) is 0 Å². The Morgan fingerprint density at radius 1 is 1.42 bits per heavy atom. The van der Waals surface area contributed by atoms with Crippen LogP contribution in [0.25, 0.3) is 0 Å². The summed E-state index contributed by atoms with van der Waals surface area (Å²) < 4.78 is 5.82. The van der Waals surface area contributed by atoms with Crippen molar-refractivity contribution in [3.05, 3.63) is 40.3 Å². The number of benzene rings is 1. The summed E-state index contributed by atoms with van der Waals surface area (Å²) in [6, 6.07) is 8.11. The van der Waals surface area contributed by atoms with Crippen molar-refractivity contribution in [3.8, 4) is 5.75 Å². The molecule has 0 fully saturated rings. The maximum Gasteiger partial charge on any atom is 0.121 e. The van der Waals surface area contributed by atoms with Gasteiger partial charge >= 0.3 is 0 Å². The molecule has 1 aromatic heterocycles. The average molecular weight is 276 g/mol. The largest absolute Gasteiger partial charge is 0.491 e. The van der Waals surface area contributed by atoms with Crippen LogP contribution in [0, 0.1) is 6.92 Å². The Kier molecular flexibility index (Phi) is 4.80. The monoisotopic (exact) mass is 276 g/mol. The van der Waals surface area contributed by atoms with Gasteiger partial charge in [-0.1, -0.05) is 13.0 Å². The highest BCUT2D eigenvalue weighted by Gasteiger charge is 2.03. The predicted molar refractivity (Wildman–Crippen MR) is 81.0 cm³/mol. The summed E-state index contributed by atoms with van der Waals surface area (Å²) in [5, 5.41) is 3.41. The Morgan fingerprint density at radius 2 is 2.26 bits per heavy atom. The highest BCUT2D eigenvalue weighted by molar-refractivity contribution is 7.09. The number of hydrogen-bond acceptors (Lipinski definition) is 4. The highest BCUT2D eigenvalue weighted by atomic mass is 32.1. The normalized spacial score (nSPS) is 12.2. The van der Waals surface area contributed by atoms with E-state index >= 15 is 0 Å². The first-order valence-corrected chi connectivity index (χ1v) is 7.46. The number of nitrogens with zero attached hydrogens (tertiary/aromatic N) is 1. The Bertz CT molecular complexity index is 524. The minimum atomic E-state index is 0.249. The summed E-state index contributed by atoms with van der Waals surface area (Å²) in [5.74, 6) is 0.917. The van der Waals surface area contributed by atoms with Crippen LogP contribution in [-0.2, 0) is 6.54 Å². The van der Waals surface area contributed by atoms with Gasteiger partial charge in [-0.15, -0.1) is 11.3 Å². The minimum absolute atomic E-state index is 0.249. The van der Waals surface area contributed by atoms with Gasteiger partial charge in [-0.3, -0.25) is 0 Å². The van der Waals surface area contributed by atoms with E-state index in [0.29, 0.717) is 0 Å². The van der Waals surface area contributed by atoms with Crippen LogP contribution in [0.15, 0.2) is 29.8 Å². The Balaban J connectivity index is 1.97. The number of nitrogens with one attached hydrogen (secondary N) is 1. The van der Waals surface area contributed by atoms with Gasteiger partial charge in [0.15, 0.2) is 0 Å². The van der Waals surface area contributed by atoms with Crippen molar-refractivity contribution >= 4 is 17.0 Å². The molecule has 1 N–H and O–H groups in total. The van der Waals surface area contributed by atoms with Crippen molar-refractivity contribution in [3.63, 3.8) is 0 Å². The van der Waals surface area contributed by atoms with Gasteiger partial charge in [0.05, 0.1) is 23.9 Å². The van der Waals surface area contributed by atoms with Crippen LogP contribution >= 0.6 is 11.3 Å². The second kappa shape index (κ2) is 6.57. The molecule has 1 atom stereocenters. The third-order valence-electron chi connectivity index (χ3n) is 3.04. The maximum atomic E-state index is 5.82. The Morgan fingerprint density at radius 3 is 2.95 bits per heavy atom. The first kappa shape index (κ1) is 13.9. The molecule has 0 aliphatic heterocycles. The fraction of sp³-hybridized carbons (Fsp3) is 0.400. The third-order valence-corrected chi connectivity index (χ3v) is 3.98. The van der Waals surface area contributed by atoms with Crippen molar-refractivity contribution < 1.29 is 4.74 Å². The van der Waals surface area contributed by atoms with E-state index in [0.717, 1.165) is 30.1 Å². The molecule has 0 amide bonds. The van der Waals surface area contributed by atoms with Crippen LogP contribution in [0.5, 0.6) is 5.75 Å². The lowest BCUT2D eigenvalue weighted by Crippen LogP contribution is -2.09. The predicted octanol–water partition coefficient (Wildman–Crippen LogP) is 4.24. The van der Waals surface area contributed by atoms with Gasteiger partial charge in [-0.25, -0.2) is 4.98 Å². The van der Waals surface area contributed by atoms with Crippen LogP contribution in [0.1, 0.15) is 30.8 Å². The van der Waals surface area contributed by atoms with Gasteiger partial charge in [-0.2, -0.15) is 0 Å². The Labute approximate surface area is 118 Å². The third kappa shape index (κ3) is 3.96. The summed E-state index contributed by atoms with van der Waals surface area (Å²) in [5.41, 5.74) is 4.06. The van der Waals surface area contributed by atoms with Crippen LogP contribution in [0.2, 0.25) is 0 Å². The second-order valence-corrected chi connectivity index (χ2v) is 5.52.